The van der Waals surface area contributed by atoms with Crippen molar-refractivity contribution in [1.82, 2.24) is 25.6 Å². The van der Waals surface area contributed by atoms with Crippen LogP contribution in [0.4, 0.5) is 36.4 Å². The van der Waals surface area contributed by atoms with E-state index in [4.69, 9.17) is 21.1 Å². The quantitative estimate of drug-likeness (QED) is 0.0480. The number of hydrogen-bond donors (Lipinski definition) is 5. The normalized spacial score (nSPS) is 13.3. The fraction of sp³-hybridized carbons (Fsp3) is 0.308. The fourth-order valence-electron chi connectivity index (χ4n) is 5.21. The number of rotatable bonds is 16. The van der Waals surface area contributed by atoms with E-state index in [0.29, 0.717) is 27.5 Å². The van der Waals surface area contributed by atoms with Crippen molar-refractivity contribution in [2.24, 2.45) is 5.41 Å². The first kappa shape index (κ1) is 41.9. The third-order valence-electron chi connectivity index (χ3n) is 8.41. The molecule has 18 heteroatoms. The molecule has 1 aliphatic rings. The lowest BCUT2D eigenvalue weighted by Gasteiger charge is -2.25. The van der Waals surface area contributed by atoms with Crippen LogP contribution in [0.5, 0.6) is 6.01 Å². The molecule has 1 aliphatic carbocycles. The fourth-order valence-corrected chi connectivity index (χ4v) is 5.34. The van der Waals surface area contributed by atoms with Gasteiger partial charge in [-0.15, -0.1) is 0 Å². The lowest BCUT2D eigenvalue weighted by molar-refractivity contribution is -0.154. The third kappa shape index (κ3) is 12.9. The first-order valence-corrected chi connectivity index (χ1v) is 18.1. The molecule has 1 heterocycles. The van der Waals surface area contributed by atoms with Crippen LogP contribution in [0.15, 0.2) is 78.9 Å². The number of ether oxygens (including phenoxy) is 2. The van der Waals surface area contributed by atoms with Gasteiger partial charge in [0.05, 0.1) is 12.1 Å². The predicted molar refractivity (Wildman–Crippen MR) is 207 cm³/mol. The number of hydrogen-bond acceptors (Lipinski definition) is 11. The molecule has 0 atom stereocenters. The number of nitrogens with one attached hydrogen (secondary N) is 5. The minimum Gasteiger partial charge on any atom is -0.463 e. The Morgan fingerprint density at radius 2 is 1.46 bits per heavy atom. The highest BCUT2D eigenvalue weighted by atomic mass is 35.5. The standard InChI is InChI=1S/C39H40ClF3N8O6/c1-4-56-30(52)18-7-24-5-14-28(15-6-24)46-33(55)32(54)45-22-37(2,3)21-44-31(53)25-8-16-29(17-9-25)47-34-48-35(50-36(49-34)57-23-39(41,42)43)51-38(19-20-38)26-10-12-27(40)13-11-26/h5-18H,4,19-23H2,1-3H3,(H,44,53)(H,45,54)(H,46,55)(H2,47,48,49,50,51). The topological polar surface area (TPSA) is 186 Å². The second kappa shape index (κ2) is 18.1. The molecule has 3 aromatic carbocycles. The molecule has 0 aliphatic heterocycles. The minimum absolute atomic E-state index is 0.000491. The number of carbonyl (C=O) groups is 4. The number of nitrogens with zero attached hydrogens (tertiary/aromatic N) is 3. The van der Waals surface area contributed by atoms with Crippen LogP contribution >= 0.6 is 11.6 Å². The average Bonchev–Trinajstić information content (AvgIpc) is 3.95. The van der Waals surface area contributed by atoms with E-state index in [-0.39, 0.29) is 31.6 Å². The first-order chi connectivity index (χ1) is 27.0. The van der Waals surface area contributed by atoms with E-state index in [1.807, 2.05) is 12.1 Å². The van der Waals surface area contributed by atoms with E-state index in [0.717, 1.165) is 18.4 Å². The molecule has 57 heavy (non-hydrogen) atoms. The van der Waals surface area contributed by atoms with Gasteiger partial charge in [0.2, 0.25) is 11.9 Å². The van der Waals surface area contributed by atoms with Crippen LogP contribution in [0.1, 0.15) is 55.1 Å². The number of esters is 1. The summed E-state index contributed by atoms with van der Waals surface area (Å²) < 4.78 is 48.6. The highest BCUT2D eigenvalue weighted by Gasteiger charge is 2.45. The summed E-state index contributed by atoms with van der Waals surface area (Å²) in [5.41, 5.74) is 1.52. The molecule has 1 fully saturated rings. The summed E-state index contributed by atoms with van der Waals surface area (Å²) in [5, 5.41) is 14.6. The van der Waals surface area contributed by atoms with Crippen molar-refractivity contribution < 1.29 is 41.8 Å². The Hall–Kier alpha value is -6.23. The minimum atomic E-state index is -4.62. The molecule has 0 unspecified atom stereocenters. The van der Waals surface area contributed by atoms with Crippen LogP contribution < -0.4 is 31.3 Å². The zero-order valence-corrected chi connectivity index (χ0v) is 31.9. The first-order valence-electron chi connectivity index (χ1n) is 17.7. The highest BCUT2D eigenvalue weighted by molar-refractivity contribution is 6.39. The van der Waals surface area contributed by atoms with Crippen molar-refractivity contribution in [3.8, 4) is 6.01 Å². The van der Waals surface area contributed by atoms with Crippen LogP contribution in [-0.2, 0) is 24.7 Å². The predicted octanol–water partition coefficient (Wildman–Crippen LogP) is 6.40. The van der Waals surface area contributed by atoms with Gasteiger partial charge >= 0.3 is 30.0 Å². The average molecular weight is 809 g/mol. The van der Waals surface area contributed by atoms with Gasteiger partial charge in [-0.05, 0) is 90.9 Å². The van der Waals surface area contributed by atoms with Crippen molar-refractivity contribution in [3.63, 3.8) is 0 Å². The van der Waals surface area contributed by atoms with Crippen molar-refractivity contribution >= 4 is 64.6 Å². The third-order valence-corrected chi connectivity index (χ3v) is 8.66. The second-order valence-corrected chi connectivity index (χ2v) is 14.2. The lowest BCUT2D eigenvalue weighted by atomic mass is 9.93. The molecular formula is C39H40ClF3N8O6. The van der Waals surface area contributed by atoms with E-state index in [1.165, 1.54) is 18.2 Å². The van der Waals surface area contributed by atoms with Crippen molar-refractivity contribution in [1.29, 1.82) is 0 Å². The van der Waals surface area contributed by atoms with Crippen LogP contribution in [0.2, 0.25) is 5.02 Å². The Kier molecular flexibility index (Phi) is 13.3. The molecule has 4 aromatic rings. The summed E-state index contributed by atoms with van der Waals surface area (Å²) in [5.74, 6) is -2.72. The molecular weight excluding hydrogens is 769 g/mol. The molecule has 3 amide bonds. The van der Waals surface area contributed by atoms with Crippen LogP contribution in [0.3, 0.4) is 0 Å². The molecule has 0 radical (unpaired) electrons. The largest absolute Gasteiger partial charge is 0.463 e. The Labute approximate surface area is 331 Å². The summed E-state index contributed by atoms with van der Waals surface area (Å²) >= 11 is 6.04. The molecule has 5 rings (SSSR count). The number of benzene rings is 3. The van der Waals surface area contributed by atoms with Gasteiger partial charge in [0.1, 0.15) is 0 Å². The van der Waals surface area contributed by atoms with E-state index < -0.39 is 53.4 Å². The molecule has 0 spiro atoms. The molecule has 1 saturated carbocycles. The van der Waals surface area contributed by atoms with Crippen LogP contribution in [0.25, 0.3) is 6.08 Å². The smallest absolute Gasteiger partial charge is 0.422 e. The summed E-state index contributed by atoms with van der Waals surface area (Å²) in [7, 11) is 0. The summed E-state index contributed by atoms with van der Waals surface area (Å²) in [4.78, 5) is 61.9. The van der Waals surface area contributed by atoms with Gasteiger partial charge in [0.15, 0.2) is 6.61 Å². The van der Waals surface area contributed by atoms with E-state index in [1.54, 1.807) is 75.4 Å². The monoisotopic (exact) mass is 808 g/mol. The van der Waals surface area contributed by atoms with E-state index >= 15 is 0 Å². The lowest BCUT2D eigenvalue weighted by Crippen LogP contribution is -2.44. The molecule has 300 valence electrons. The summed E-state index contributed by atoms with van der Waals surface area (Å²) in [6.45, 7) is 4.18. The number of amides is 3. The Morgan fingerprint density at radius 1 is 0.825 bits per heavy atom. The number of halogens is 4. The zero-order valence-electron chi connectivity index (χ0n) is 31.1. The Balaban J connectivity index is 1.12. The van der Waals surface area contributed by atoms with E-state index in [9.17, 15) is 32.3 Å². The molecule has 5 N–H and O–H groups in total. The van der Waals surface area contributed by atoms with Gasteiger partial charge in [-0.25, -0.2) is 4.79 Å². The molecule has 0 saturated heterocycles. The van der Waals surface area contributed by atoms with Crippen molar-refractivity contribution in [2.45, 2.75) is 45.3 Å². The SMILES string of the molecule is CCOC(=O)C=Cc1ccc(NC(=O)C(=O)NCC(C)(C)CNC(=O)c2ccc(Nc3nc(NC4(c5ccc(Cl)cc5)CC4)nc(OCC(F)(F)F)n3)cc2)cc1. The second-order valence-electron chi connectivity index (χ2n) is 13.8. The molecule has 1 aromatic heterocycles. The maximum atomic E-state index is 13.0. The maximum absolute atomic E-state index is 13.0. The van der Waals surface area contributed by atoms with Gasteiger partial charge in [0.25, 0.3) is 5.91 Å². The number of alkyl halides is 3. The Morgan fingerprint density at radius 3 is 2.09 bits per heavy atom. The molecule has 14 nitrogen and oxygen atoms in total. The van der Waals surface area contributed by atoms with Crippen molar-refractivity contribution in [3.05, 3.63) is 101 Å². The number of aromatic nitrogens is 3. The highest BCUT2D eigenvalue weighted by Crippen LogP contribution is 2.48. The number of carbonyl (C=O) groups excluding carboxylic acids is 4. The number of anilines is 4. The summed E-state index contributed by atoms with van der Waals surface area (Å²) in [6, 6.07) is 19.3. The van der Waals surface area contributed by atoms with Gasteiger partial charge in [-0.1, -0.05) is 49.7 Å². The van der Waals surface area contributed by atoms with E-state index in [2.05, 4.69) is 41.5 Å². The van der Waals surface area contributed by atoms with Crippen molar-refractivity contribution in [2.75, 3.05) is 42.3 Å². The van der Waals surface area contributed by atoms with Gasteiger partial charge in [0, 0.05) is 41.1 Å². The van der Waals surface area contributed by atoms with Gasteiger partial charge in [-0.2, -0.15) is 28.1 Å². The van der Waals surface area contributed by atoms with Crippen LogP contribution in [0, 0.1) is 5.41 Å². The Bertz CT molecular complexity index is 2090. The maximum Gasteiger partial charge on any atom is 0.422 e. The van der Waals surface area contributed by atoms with Gasteiger partial charge < -0.3 is 36.1 Å². The summed E-state index contributed by atoms with van der Waals surface area (Å²) in [6.07, 6.45) is -0.316. The van der Waals surface area contributed by atoms with Crippen LogP contribution in [-0.4, -0.2) is 71.1 Å². The van der Waals surface area contributed by atoms with Gasteiger partial charge in [-0.3, -0.25) is 14.4 Å². The zero-order chi connectivity index (χ0) is 41.2. The molecule has 0 bridgehead atoms.